The molecule has 0 saturated carbocycles. The number of rotatable bonds is 6. The van der Waals surface area contributed by atoms with Gasteiger partial charge >= 0.3 is 0 Å². The highest BCUT2D eigenvalue weighted by Crippen LogP contribution is 2.28. The first-order valence-corrected chi connectivity index (χ1v) is 7.32. The summed E-state index contributed by atoms with van der Waals surface area (Å²) in [5, 5.41) is 3.35. The van der Waals surface area contributed by atoms with Crippen LogP contribution >= 0.6 is 22.6 Å². The van der Waals surface area contributed by atoms with Crippen LogP contribution in [-0.2, 0) is 0 Å². The van der Waals surface area contributed by atoms with Gasteiger partial charge in [-0.1, -0.05) is 32.8 Å². The largest absolute Gasteiger partial charge is 0.313 e. The van der Waals surface area contributed by atoms with Crippen LogP contribution in [0.25, 0.3) is 0 Å². The quantitative estimate of drug-likeness (QED) is 0.745. The van der Waals surface area contributed by atoms with Gasteiger partial charge in [-0.2, -0.15) is 0 Å². The number of nitrogens with one attached hydrogen (secondary N) is 1. The second-order valence-electron chi connectivity index (χ2n) is 4.43. The SMILES string of the molecule is CCC(CC)CC(NC)c1ccc(F)cc1I. The number of halogens is 2. The molecular formula is C14H21FIN. The maximum atomic E-state index is 13.1. The van der Waals surface area contributed by atoms with E-state index in [2.05, 4.69) is 41.8 Å². The molecule has 0 spiro atoms. The minimum Gasteiger partial charge on any atom is -0.313 e. The van der Waals surface area contributed by atoms with Crippen molar-refractivity contribution < 1.29 is 4.39 Å². The Balaban J connectivity index is 2.85. The number of hydrogen-bond acceptors (Lipinski definition) is 1. The Morgan fingerprint density at radius 1 is 1.29 bits per heavy atom. The molecule has 1 rings (SSSR count). The van der Waals surface area contributed by atoms with E-state index in [4.69, 9.17) is 0 Å². The monoisotopic (exact) mass is 349 g/mol. The van der Waals surface area contributed by atoms with Gasteiger partial charge in [-0.05, 0) is 59.7 Å². The molecule has 0 saturated heterocycles. The molecule has 96 valence electrons. The molecule has 0 heterocycles. The van der Waals surface area contributed by atoms with E-state index in [1.54, 1.807) is 12.1 Å². The summed E-state index contributed by atoms with van der Waals surface area (Å²) in [6.45, 7) is 4.47. The van der Waals surface area contributed by atoms with Gasteiger partial charge in [0.2, 0.25) is 0 Å². The lowest BCUT2D eigenvalue weighted by molar-refractivity contribution is 0.384. The average Bonchev–Trinajstić information content (AvgIpc) is 2.32. The van der Waals surface area contributed by atoms with Crippen LogP contribution in [0.3, 0.4) is 0 Å². The predicted octanol–water partition coefficient (Wildman–Crippen LogP) is 4.52. The third-order valence-electron chi connectivity index (χ3n) is 3.41. The third-order valence-corrected chi connectivity index (χ3v) is 4.34. The Kier molecular flexibility index (Phi) is 6.41. The maximum Gasteiger partial charge on any atom is 0.124 e. The van der Waals surface area contributed by atoms with Crippen molar-refractivity contribution >= 4 is 22.6 Å². The van der Waals surface area contributed by atoms with Crippen LogP contribution in [0.2, 0.25) is 0 Å². The van der Waals surface area contributed by atoms with E-state index in [0.29, 0.717) is 6.04 Å². The van der Waals surface area contributed by atoms with Crippen molar-refractivity contribution in [1.29, 1.82) is 0 Å². The van der Waals surface area contributed by atoms with Crippen molar-refractivity contribution in [2.45, 2.75) is 39.2 Å². The summed E-state index contributed by atoms with van der Waals surface area (Å²) < 4.78 is 14.1. The lowest BCUT2D eigenvalue weighted by Gasteiger charge is -2.23. The second kappa shape index (κ2) is 7.31. The summed E-state index contributed by atoms with van der Waals surface area (Å²) in [5.41, 5.74) is 1.21. The summed E-state index contributed by atoms with van der Waals surface area (Å²) in [4.78, 5) is 0. The predicted molar refractivity (Wildman–Crippen MR) is 79.6 cm³/mol. The zero-order valence-corrected chi connectivity index (χ0v) is 12.9. The van der Waals surface area contributed by atoms with E-state index >= 15 is 0 Å². The van der Waals surface area contributed by atoms with E-state index in [1.165, 1.54) is 18.4 Å². The van der Waals surface area contributed by atoms with Gasteiger partial charge in [0.1, 0.15) is 5.82 Å². The molecule has 0 aliphatic heterocycles. The smallest absolute Gasteiger partial charge is 0.124 e. The summed E-state index contributed by atoms with van der Waals surface area (Å²) in [7, 11) is 1.98. The van der Waals surface area contributed by atoms with Crippen LogP contribution in [0.15, 0.2) is 18.2 Å². The molecule has 1 aromatic carbocycles. The van der Waals surface area contributed by atoms with E-state index in [-0.39, 0.29) is 5.82 Å². The first-order chi connectivity index (χ1) is 8.12. The Labute approximate surface area is 117 Å². The summed E-state index contributed by atoms with van der Waals surface area (Å²) in [6.07, 6.45) is 3.52. The maximum absolute atomic E-state index is 13.1. The third kappa shape index (κ3) is 4.21. The molecule has 17 heavy (non-hydrogen) atoms. The molecule has 0 aliphatic carbocycles. The van der Waals surface area contributed by atoms with Gasteiger partial charge in [0, 0.05) is 9.61 Å². The molecule has 1 unspecified atom stereocenters. The standard InChI is InChI=1S/C14H21FIN/c1-4-10(5-2)8-14(17-3)12-7-6-11(15)9-13(12)16/h6-7,9-10,14,17H,4-5,8H2,1-3H3. The summed E-state index contributed by atoms with van der Waals surface area (Å²) in [6, 6.07) is 5.38. The lowest BCUT2D eigenvalue weighted by atomic mass is 9.91. The van der Waals surface area contributed by atoms with Crippen LogP contribution < -0.4 is 5.32 Å². The number of benzene rings is 1. The van der Waals surface area contributed by atoms with Crippen LogP contribution in [0.5, 0.6) is 0 Å². The van der Waals surface area contributed by atoms with Gasteiger partial charge in [0.15, 0.2) is 0 Å². The average molecular weight is 349 g/mol. The molecule has 0 fully saturated rings. The van der Waals surface area contributed by atoms with E-state index in [9.17, 15) is 4.39 Å². The van der Waals surface area contributed by atoms with Crippen molar-refractivity contribution in [3.63, 3.8) is 0 Å². The number of hydrogen-bond donors (Lipinski definition) is 1. The van der Waals surface area contributed by atoms with Gasteiger partial charge in [0.05, 0.1) is 0 Å². The van der Waals surface area contributed by atoms with E-state index in [0.717, 1.165) is 15.9 Å². The van der Waals surface area contributed by atoms with Gasteiger partial charge in [-0.25, -0.2) is 4.39 Å². The Morgan fingerprint density at radius 3 is 2.41 bits per heavy atom. The molecular weight excluding hydrogens is 328 g/mol. The second-order valence-corrected chi connectivity index (χ2v) is 5.59. The first-order valence-electron chi connectivity index (χ1n) is 6.24. The highest BCUT2D eigenvalue weighted by molar-refractivity contribution is 14.1. The first kappa shape index (κ1) is 14.9. The molecule has 0 bridgehead atoms. The summed E-state index contributed by atoms with van der Waals surface area (Å²) >= 11 is 2.22. The highest BCUT2D eigenvalue weighted by atomic mass is 127. The van der Waals surface area contributed by atoms with Crippen LogP contribution in [0, 0.1) is 15.3 Å². The Morgan fingerprint density at radius 2 is 1.94 bits per heavy atom. The van der Waals surface area contributed by atoms with E-state index < -0.39 is 0 Å². The van der Waals surface area contributed by atoms with Crippen molar-refractivity contribution in [2.24, 2.45) is 5.92 Å². The van der Waals surface area contributed by atoms with Crippen molar-refractivity contribution in [3.05, 3.63) is 33.1 Å². The molecule has 0 radical (unpaired) electrons. The zero-order chi connectivity index (χ0) is 12.8. The fourth-order valence-corrected chi connectivity index (χ4v) is 2.99. The fraction of sp³-hybridized carbons (Fsp3) is 0.571. The van der Waals surface area contributed by atoms with Gasteiger partial charge in [-0.3, -0.25) is 0 Å². The van der Waals surface area contributed by atoms with Gasteiger partial charge in [-0.15, -0.1) is 0 Å². The summed E-state index contributed by atoms with van der Waals surface area (Å²) in [5.74, 6) is 0.573. The molecule has 0 aromatic heterocycles. The molecule has 1 atom stereocenters. The van der Waals surface area contributed by atoms with Gasteiger partial charge < -0.3 is 5.32 Å². The minimum absolute atomic E-state index is 0.157. The molecule has 1 aromatic rings. The molecule has 1 nitrogen and oxygen atoms in total. The van der Waals surface area contributed by atoms with Crippen molar-refractivity contribution in [3.8, 4) is 0 Å². The van der Waals surface area contributed by atoms with Crippen molar-refractivity contribution in [1.82, 2.24) is 5.32 Å². The lowest BCUT2D eigenvalue weighted by Crippen LogP contribution is -2.20. The molecule has 3 heteroatoms. The van der Waals surface area contributed by atoms with Gasteiger partial charge in [0.25, 0.3) is 0 Å². The fourth-order valence-electron chi connectivity index (χ4n) is 2.14. The zero-order valence-electron chi connectivity index (χ0n) is 10.8. The Bertz CT molecular complexity index is 350. The molecule has 1 N–H and O–H groups in total. The minimum atomic E-state index is -0.157. The van der Waals surface area contributed by atoms with Crippen LogP contribution in [-0.4, -0.2) is 7.05 Å². The van der Waals surface area contributed by atoms with Crippen molar-refractivity contribution in [2.75, 3.05) is 7.05 Å². The highest BCUT2D eigenvalue weighted by Gasteiger charge is 2.16. The van der Waals surface area contributed by atoms with Crippen LogP contribution in [0.1, 0.15) is 44.7 Å². The van der Waals surface area contributed by atoms with E-state index in [1.807, 2.05) is 13.1 Å². The molecule has 0 aliphatic rings. The Hall–Kier alpha value is -0.160. The molecule has 0 amide bonds. The van der Waals surface area contributed by atoms with Crippen LogP contribution in [0.4, 0.5) is 4.39 Å². The normalized spacial score (nSPS) is 13.1. The topological polar surface area (TPSA) is 12.0 Å².